The number of amides is 2. The Bertz CT molecular complexity index is 949. The molecule has 31 heavy (non-hydrogen) atoms. The molecule has 2 aliphatic rings. The first-order valence-electron chi connectivity index (χ1n) is 10.3. The number of anilines is 1. The van der Waals surface area contributed by atoms with Crippen LogP contribution in [-0.4, -0.2) is 42.1 Å². The largest absolute Gasteiger partial charge is 0.482 e. The zero-order valence-electron chi connectivity index (χ0n) is 16.9. The van der Waals surface area contributed by atoms with E-state index in [1.165, 1.54) is 0 Å². The van der Waals surface area contributed by atoms with Crippen molar-refractivity contribution in [3.05, 3.63) is 60.2 Å². The van der Waals surface area contributed by atoms with Crippen molar-refractivity contribution in [2.24, 2.45) is 16.9 Å². The van der Waals surface area contributed by atoms with Crippen LogP contribution in [0.15, 0.2) is 59.7 Å². The van der Waals surface area contributed by atoms with Crippen LogP contribution in [-0.2, 0) is 16.0 Å². The molecule has 2 heterocycles. The summed E-state index contributed by atoms with van der Waals surface area (Å²) in [5.41, 5.74) is 4.28. The minimum atomic E-state index is -1.01. The second kappa shape index (κ2) is 9.61. The third-order valence-electron chi connectivity index (χ3n) is 5.66. The van der Waals surface area contributed by atoms with Gasteiger partial charge in [0.1, 0.15) is 5.75 Å². The van der Waals surface area contributed by atoms with Gasteiger partial charge in [0.25, 0.3) is 0 Å². The highest BCUT2D eigenvalue weighted by molar-refractivity contribution is 5.89. The summed E-state index contributed by atoms with van der Waals surface area (Å²) in [6.07, 6.45) is 4.79. The van der Waals surface area contributed by atoms with Crippen LogP contribution in [0.25, 0.3) is 0 Å². The van der Waals surface area contributed by atoms with Gasteiger partial charge in [0, 0.05) is 17.8 Å². The minimum absolute atomic E-state index is 0.0966. The molecule has 4 rings (SSSR count). The van der Waals surface area contributed by atoms with Gasteiger partial charge in [-0.05, 0) is 55.0 Å². The summed E-state index contributed by atoms with van der Waals surface area (Å²) < 4.78 is 11.4. The van der Waals surface area contributed by atoms with Crippen LogP contribution in [0.5, 0.6) is 5.75 Å². The molecule has 3 N–H and O–H groups in total. The molecule has 0 saturated carbocycles. The van der Waals surface area contributed by atoms with Gasteiger partial charge in [-0.3, -0.25) is 0 Å². The Morgan fingerprint density at radius 2 is 1.94 bits per heavy atom. The molecular formula is C23H25N3O5. The monoisotopic (exact) mass is 423 g/mol. The maximum absolute atomic E-state index is 12.0. The Balaban J connectivity index is 1.36. The summed E-state index contributed by atoms with van der Waals surface area (Å²) in [6.45, 7) is -0.368. The molecule has 2 bridgehead atoms. The Morgan fingerprint density at radius 1 is 1.13 bits per heavy atom. The van der Waals surface area contributed by atoms with E-state index in [0.29, 0.717) is 11.4 Å². The van der Waals surface area contributed by atoms with Crippen LogP contribution in [0.2, 0.25) is 0 Å². The standard InChI is InChI=1S/C23H25N3O5/c27-22(28)14-30-17-8-4-5-15(11-17)12-18-19(21-10-9-20(18)31-21)13-24-26-23(29)25-16-6-2-1-3-7-16/h1-8,11,13,18-21H,9-10,12,14H2,(H,27,28)(H2,25,26,29)/t18-,19+,20-,21+/m0/s1. The number of carbonyl (C=O) groups is 2. The van der Waals surface area contributed by atoms with Gasteiger partial charge < -0.3 is 19.9 Å². The van der Waals surface area contributed by atoms with Crippen LogP contribution in [0, 0.1) is 11.8 Å². The number of benzene rings is 2. The lowest BCUT2D eigenvalue weighted by atomic mass is 9.77. The number of carboxylic acid groups (broad SMARTS) is 1. The van der Waals surface area contributed by atoms with Crippen LogP contribution in [0.1, 0.15) is 18.4 Å². The van der Waals surface area contributed by atoms with Gasteiger partial charge in [-0.2, -0.15) is 5.10 Å². The number of carboxylic acids is 1. The molecule has 2 aromatic carbocycles. The number of ether oxygens (including phenoxy) is 2. The number of rotatable bonds is 8. The molecule has 2 fully saturated rings. The lowest BCUT2D eigenvalue weighted by molar-refractivity contribution is -0.139. The van der Waals surface area contributed by atoms with E-state index < -0.39 is 12.0 Å². The lowest BCUT2D eigenvalue weighted by Gasteiger charge is -2.25. The maximum atomic E-state index is 12.0. The molecule has 4 atom stereocenters. The first-order chi connectivity index (χ1) is 15.1. The van der Waals surface area contributed by atoms with E-state index in [9.17, 15) is 9.59 Å². The normalized spacial score (nSPS) is 24.3. The van der Waals surface area contributed by atoms with Gasteiger partial charge in [0.15, 0.2) is 6.61 Å². The molecule has 2 aliphatic heterocycles. The van der Waals surface area contributed by atoms with E-state index >= 15 is 0 Å². The van der Waals surface area contributed by atoms with Crippen molar-refractivity contribution in [2.75, 3.05) is 11.9 Å². The topological polar surface area (TPSA) is 109 Å². The molecule has 0 aliphatic carbocycles. The van der Waals surface area contributed by atoms with Gasteiger partial charge in [0.2, 0.25) is 0 Å². The fourth-order valence-electron chi connectivity index (χ4n) is 4.33. The van der Waals surface area contributed by atoms with Gasteiger partial charge >= 0.3 is 12.0 Å². The Morgan fingerprint density at radius 3 is 2.74 bits per heavy atom. The lowest BCUT2D eigenvalue weighted by Crippen LogP contribution is -2.31. The van der Waals surface area contributed by atoms with Crippen molar-refractivity contribution in [2.45, 2.75) is 31.5 Å². The molecule has 8 nitrogen and oxygen atoms in total. The molecule has 0 unspecified atom stereocenters. The minimum Gasteiger partial charge on any atom is -0.482 e. The summed E-state index contributed by atoms with van der Waals surface area (Å²) in [7, 11) is 0. The molecule has 2 aromatic rings. The maximum Gasteiger partial charge on any atom is 0.341 e. The summed E-state index contributed by atoms with van der Waals surface area (Å²) in [6, 6.07) is 16.3. The van der Waals surface area contributed by atoms with Gasteiger partial charge in [0.05, 0.1) is 12.2 Å². The Kier molecular flexibility index (Phi) is 6.47. The quantitative estimate of drug-likeness (QED) is 0.446. The zero-order chi connectivity index (χ0) is 21.6. The smallest absolute Gasteiger partial charge is 0.341 e. The highest BCUT2D eigenvalue weighted by Crippen LogP contribution is 2.44. The number of nitrogens with zero attached hydrogens (tertiary/aromatic N) is 1. The van der Waals surface area contributed by atoms with Crippen LogP contribution >= 0.6 is 0 Å². The van der Waals surface area contributed by atoms with Crippen LogP contribution in [0.4, 0.5) is 10.5 Å². The number of carbonyl (C=O) groups excluding carboxylic acids is 1. The predicted molar refractivity (Wildman–Crippen MR) is 115 cm³/mol. The molecule has 0 spiro atoms. The van der Waals surface area contributed by atoms with Crippen LogP contribution in [0.3, 0.4) is 0 Å². The second-order valence-corrected chi connectivity index (χ2v) is 7.78. The van der Waals surface area contributed by atoms with Gasteiger partial charge in [-0.15, -0.1) is 0 Å². The van der Waals surface area contributed by atoms with Crippen molar-refractivity contribution in [1.82, 2.24) is 5.43 Å². The molecule has 8 heteroatoms. The third kappa shape index (κ3) is 5.40. The van der Waals surface area contributed by atoms with Gasteiger partial charge in [-0.1, -0.05) is 30.3 Å². The summed E-state index contributed by atoms with van der Waals surface area (Å²) >= 11 is 0. The van der Waals surface area contributed by atoms with Crippen molar-refractivity contribution in [3.8, 4) is 5.75 Å². The number of urea groups is 1. The Hall–Kier alpha value is -3.39. The predicted octanol–water partition coefficient (Wildman–Crippen LogP) is 3.29. The average Bonchev–Trinajstić information content (AvgIpc) is 3.36. The average molecular weight is 423 g/mol. The number of para-hydroxylation sites is 1. The number of hydrazone groups is 1. The Labute approximate surface area is 180 Å². The zero-order valence-corrected chi connectivity index (χ0v) is 16.9. The highest BCUT2D eigenvalue weighted by Gasteiger charge is 2.48. The molecular weight excluding hydrogens is 398 g/mol. The van der Waals surface area contributed by atoms with E-state index in [0.717, 1.165) is 24.8 Å². The van der Waals surface area contributed by atoms with E-state index in [1.54, 1.807) is 24.4 Å². The van der Waals surface area contributed by atoms with Crippen molar-refractivity contribution in [1.29, 1.82) is 0 Å². The number of nitrogens with one attached hydrogen (secondary N) is 2. The van der Waals surface area contributed by atoms with Crippen molar-refractivity contribution >= 4 is 23.9 Å². The summed E-state index contributed by atoms with van der Waals surface area (Å²) in [5.74, 6) is -0.143. The molecule has 162 valence electrons. The third-order valence-corrected chi connectivity index (χ3v) is 5.66. The molecule has 0 radical (unpaired) electrons. The fourth-order valence-corrected chi connectivity index (χ4v) is 4.33. The van der Waals surface area contributed by atoms with Crippen molar-refractivity contribution < 1.29 is 24.2 Å². The number of aliphatic carboxylic acids is 1. The van der Waals surface area contributed by atoms with Crippen LogP contribution < -0.4 is 15.5 Å². The fraction of sp³-hybridized carbons (Fsp3) is 0.348. The summed E-state index contributed by atoms with van der Waals surface area (Å²) in [4.78, 5) is 22.8. The van der Waals surface area contributed by atoms with E-state index in [1.807, 2.05) is 36.4 Å². The SMILES string of the molecule is O=C(O)COc1cccc(C[C@H]2[C@@H](C=NNC(=O)Nc3ccccc3)[C@H]3CC[C@@H]2O3)c1. The van der Waals surface area contributed by atoms with E-state index in [2.05, 4.69) is 15.8 Å². The second-order valence-electron chi connectivity index (χ2n) is 7.78. The highest BCUT2D eigenvalue weighted by atomic mass is 16.5. The van der Waals surface area contributed by atoms with Crippen molar-refractivity contribution in [3.63, 3.8) is 0 Å². The van der Waals surface area contributed by atoms with E-state index in [-0.39, 0.29) is 30.7 Å². The van der Waals surface area contributed by atoms with Gasteiger partial charge in [-0.25, -0.2) is 15.0 Å². The molecule has 0 aromatic heterocycles. The first kappa shape index (κ1) is 20.9. The molecule has 2 saturated heterocycles. The van der Waals surface area contributed by atoms with E-state index in [4.69, 9.17) is 14.6 Å². The number of hydrogen-bond donors (Lipinski definition) is 3. The molecule has 2 amide bonds. The number of hydrogen-bond acceptors (Lipinski definition) is 5. The number of fused-ring (bicyclic) bond motifs is 2. The summed E-state index contributed by atoms with van der Waals surface area (Å²) in [5, 5.41) is 15.7. The first-order valence-corrected chi connectivity index (χ1v) is 10.3.